The molecule has 0 fully saturated rings. The fourth-order valence-corrected chi connectivity index (χ4v) is 3.39. The van der Waals surface area contributed by atoms with E-state index in [9.17, 15) is 19.8 Å². The van der Waals surface area contributed by atoms with Crippen LogP contribution >= 0.6 is 11.6 Å². The molecular formula is C24H30ClNO5. The van der Waals surface area contributed by atoms with Gasteiger partial charge in [0.1, 0.15) is 5.60 Å². The van der Waals surface area contributed by atoms with E-state index in [1.807, 2.05) is 48.5 Å². The summed E-state index contributed by atoms with van der Waals surface area (Å²) in [5, 5.41) is 22.6. The number of carbonyl (C=O) groups excluding carboxylic acids is 1. The Bertz CT molecular complexity index is 907. The maximum absolute atomic E-state index is 12.3. The molecule has 1 amide bonds. The summed E-state index contributed by atoms with van der Waals surface area (Å²) in [6.07, 6.45) is -0.190. The van der Waals surface area contributed by atoms with Gasteiger partial charge in [-0.15, -0.1) is 0 Å². The molecule has 6 nitrogen and oxygen atoms in total. The van der Waals surface area contributed by atoms with E-state index in [1.54, 1.807) is 20.8 Å². The van der Waals surface area contributed by atoms with Gasteiger partial charge in [0.25, 0.3) is 0 Å². The number of benzene rings is 2. The highest BCUT2D eigenvalue weighted by molar-refractivity contribution is 6.30. The van der Waals surface area contributed by atoms with Crippen LogP contribution in [0.3, 0.4) is 0 Å². The van der Waals surface area contributed by atoms with Crippen LogP contribution in [-0.2, 0) is 16.0 Å². The van der Waals surface area contributed by atoms with Crippen LogP contribution in [0, 0.1) is 5.41 Å². The minimum atomic E-state index is -1.39. The van der Waals surface area contributed by atoms with E-state index in [-0.39, 0.29) is 6.42 Å². The second-order valence-electron chi connectivity index (χ2n) is 8.98. The first-order chi connectivity index (χ1) is 14.4. The number of aliphatic hydroxyl groups excluding tert-OH is 1. The molecule has 0 saturated carbocycles. The normalized spacial score (nSPS) is 14.4. The lowest BCUT2D eigenvalue weighted by Crippen LogP contribution is -2.45. The number of halogens is 1. The van der Waals surface area contributed by atoms with Gasteiger partial charge in [-0.1, -0.05) is 48.0 Å². The number of hydrogen-bond donors (Lipinski definition) is 3. The van der Waals surface area contributed by atoms with Crippen molar-refractivity contribution in [2.24, 2.45) is 5.41 Å². The van der Waals surface area contributed by atoms with E-state index < -0.39 is 35.7 Å². The number of nitrogens with one attached hydrogen (secondary N) is 1. The molecule has 0 aliphatic heterocycles. The predicted octanol–water partition coefficient (Wildman–Crippen LogP) is 4.92. The van der Waals surface area contributed by atoms with Gasteiger partial charge in [-0.25, -0.2) is 4.79 Å². The van der Waals surface area contributed by atoms with Crippen molar-refractivity contribution in [3.05, 3.63) is 59.1 Å². The number of carboxylic acids is 1. The molecule has 0 radical (unpaired) electrons. The Morgan fingerprint density at radius 3 is 2.23 bits per heavy atom. The van der Waals surface area contributed by atoms with Crippen molar-refractivity contribution in [2.45, 2.75) is 52.2 Å². The molecule has 168 valence electrons. The van der Waals surface area contributed by atoms with Gasteiger partial charge < -0.3 is 20.3 Å². The van der Waals surface area contributed by atoms with Crippen LogP contribution in [0.25, 0.3) is 11.1 Å². The minimum absolute atomic E-state index is 0.0497. The molecule has 7 heteroatoms. The van der Waals surface area contributed by atoms with Crippen LogP contribution in [-0.4, -0.2) is 40.5 Å². The highest BCUT2D eigenvalue weighted by atomic mass is 35.5. The monoisotopic (exact) mass is 447 g/mol. The summed E-state index contributed by atoms with van der Waals surface area (Å²) in [4.78, 5) is 24.0. The maximum atomic E-state index is 12.3. The molecule has 0 aliphatic carbocycles. The van der Waals surface area contributed by atoms with E-state index in [1.165, 1.54) is 6.92 Å². The third-order valence-corrected chi connectivity index (χ3v) is 5.11. The molecule has 0 saturated heterocycles. The molecule has 1 unspecified atom stereocenters. The highest BCUT2D eigenvalue weighted by Crippen LogP contribution is 2.27. The number of amides is 1. The standard InChI is InChI=1S/C24H30ClNO5/c1-23(2,3)31-22(30)26-20(14-24(4,15-27)21(28)29)12-16-8-10-17(11-9-16)18-6-5-7-19(25)13-18/h5-11,13,20,27H,12,14-15H2,1-4H3,(H,26,30)(H,28,29)/t20-,24?/m1/s1. The van der Waals surface area contributed by atoms with Gasteiger partial charge in [-0.05, 0) is 69.4 Å². The molecular weight excluding hydrogens is 418 g/mol. The lowest BCUT2D eigenvalue weighted by molar-refractivity contribution is -0.151. The first kappa shape index (κ1) is 24.7. The molecule has 0 bridgehead atoms. The first-order valence-corrected chi connectivity index (χ1v) is 10.5. The molecule has 0 spiro atoms. The van der Waals surface area contributed by atoms with E-state index in [4.69, 9.17) is 16.3 Å². The molecule has 0 heterocycles. The van der Waals surface area contributed by atoms with Crippen molar-refractivity contribution >= 4 is 23.7 Å². The third kappa shape index (κ3) is 7.56. The Hall–Kier alpha value is -2.57. The fraction of sp³-hybridized carbons (Fsp3) is 0.417. The van der Waals surface area contributed by atoms with E-state index >= 15 is 0 Å². The van der Waals surface area contributed by atoms with E-state index in [0.29, 0.717) is 11.4 Å². The number of rotatable bonds is 8. The van der Waals surface area contributed by atoms with E-state index in [2.05, 4.69) is 5.32 Å². The van der Waals surface area contributed by atoms with Gasteiger partial charge in [-0.2, -0.15) is 0 Å². The van der Waals surface area contributed by atoms with E-state index in [0.717, 1.165) is 16.7 Å². The van der Waals surface area contributed by atoms with Crippen molar-refractivity contribution in [1.29, 1.82) is 0 Å². The Labute approximate surface area is 188 Å². The maximum Gasteiger partial charge on any atom is 0.407 e. The van der Waals surface area contributed by atoms with Crippen LogP contribution in [0.1, 0.15) is 39.7 Å². The molecule has 3 N–H and O–H groups in total. The van der Waals surface area contributed by atoms with Gasteiger partial charge in [0.15, 0.2) is 0 Å². The van der Waals surface area contributed by atoms with Crippen LogP contribution in [0.15, 0.2) is 48.5 Å². The Morgan fingerprint density at radius 1 is 1.06 bits per heavy atom. The number of aliphatic carboxylic acids is 1. The van der Waals surface area contributed by atoms with Crippen molar-refractivity contribution in [3.8, 4) is 11.1 Å². The predicted molar refractivity (Wildman–Crippen MR) is 121 cm³/mol. The summed E-state index contributed by atoms with van der Waals surface area (Å²) in [5.74, 6) is -1.12. The summed E-state index contributed by atoms with van der Waals surface area (Å²) < 4.78 is 5.33. The molecule has 2 aromatic rings. The number of carbonyl (C=O) groups is 2. The zero-order chi connectivity index (χ0) is 23.2. The lowest BCUT2D eigenvalue weighted by Gasteiger charge is -2.29. The average molecular weight is 448 g/mol. The molecule has 2 aromatic carbocycles. The van der Waals surface area contributed by atoms with Gasteiger partial charge >= 0.3 is 12.1 Å². The smallest absolute Gasteiger partial charge is 0.407 e. The molecule has 2 atom stereocenters. The largest absolute Gasteiger partial charge is 0.481 e. The number of alkyl carbamates (subject to hydrolysis) is 1. The zero-order valence-electron chi connectivity index (χ0n) is 18.3. The molecule has 2 rings (SSSR count). The SMILES string of the molecule is CC(C)(C)OC(=O)N[C@H](Cc1ccc(-c2cccc(Cl)c2)cc1)CC(C)(CO)C(=O)O. The van der Waals surface area contributed by atoms with Crippen LogP contribution in [0.5, 0.6) is 0 Å². The second kappa shape index (κ2) is 10.2. The first-order valence-electron chi connectivity index (χ1n) is 10.1. The molecule has 31 heavy (non-hydrogen) atoms. The van der Waals surface area contributed by atoms with Crippen LogP contribution in [0.2, 0.25) is 5.02 Å². The quantitative estimate of drug-likeness (QED) is 0.534. The number of aliphatic hydroxyl groups is 1. The topological polar surface area (TPSA) is 95.9 Å². The van der Waals surface area contributed by atoms with Crippen LogP contribution in [0.4, 0.5) is 4.79 Å². The lowest BCUT2D eigenvalue weighted by atomic mass is 9.82. The highest BCUT2D eigenvalue weighted by Gasteiger charge is 2.36. The third-order valence-electron chi connectivity index (χ3n) is 4.88. The Kier molecular flexibility index (Phi) is 8.09. The summed E-state index contributed by atoms with van der Waals surface area (Å²) in [5.41, 5.74) is 0.827. The zero-order valence-corrected chi connectivity index (χ0v) is 19.1. The summed E-state index contributed by atoms with van der Waals surface area (Å²) in [6.45, 7) is 6.19. The number of ether oxygens (including phenoxy) is 1. The van der Waals surface area contributed by atoms with Crippen molar-refractivity contribution in [2.75, 3.05) is 6.61 Å². The van der Waals surface area contributed by atoms with Gasteiger partial charge in [0, 0.05) is 11.1 Å². The fourth-order valence-electron chi connectivity index (χ4n) is 3.20. The Morgan fingerprint density at radius 2 is 1.71 bits per heavy atom. The summed E-state index contributed by atoms with van der Waals surface area (Å²) >= 11 is 6.07. The van der Waals surface area contributed by atoms with Crippen molar-refractivity contribution < 1.29 is 24.5 Å². The van der Waals surface area contributed by atoms with Crippen molar-refractivity contribution in [3.63, 3.8) is 0 Å². The molecule has 0 aromatic heterocycles. The van der Waals surface area contributed by atoms with Crippen molar-refractivity contribution in [1.82, 2.24) is 5.32 Å². The number of hydrogen-bond acceptors (Lipinski definition) is 4. The molecule has 0 aliphatic rings. The average Bonchev–Trinajstić information content (AvgIpc) is 2.66. The van der Waals surface area contributed by atoms with Gasteiger partial charge in [-0.3, -0.25) is 4.79 Å². The minimum Gasteiger partial charge on any atom is -0.481 e. The van der Waals surface area contributed by atoms with Gasteiger partial charge in [0.2, 0.25) is 0 Å². The van der Waals surface area contributed by atoms with Crippen LogP contribution < -0.4 is 5.32 Å². The summed E-state index contributed by atoms with van der Waals surface area (Å²) in [7, 11) is 0. The Balaban J connectivity index is 2.21. The second-order valence-corrected chi connectivity index (χ2v) is 9.42. The number of carboxylic acid groups (broad SMARTS) is 1. The summed E-state index contributed by atoms with van der Waals surface area (Å²) in [6, 6.07) is 14.8. The van der Waals surface area contributed by atoms with Gasteiger partial charge in [0.05, 0.1) is 12.0 Å².